The number of carboxylic acid groups (broad SMARTS) is 1. The molecule has 0 atom stereocenters. The Morgan fingerprint density at radius 1 is 1.26 bits per heavy atom. The summed E-state index contributed by atoms with van der Waals surface area (Å²) in [5.41, 5.74) is 4.84. The Balaban J connectivity index is 1.98. The van der Waals surface area contributed by atoms with Crippen molar-refractivity contribution in [1.29, 1.82) is 0 Å². The van der Waals surface area contributed by atoms with Crippen LogP contribution in [-0.2, 0) is 4.79 Å². The van der Waals surface area contributed by atoms with Gasteiger partial charge in [-0.15, -0.1) is 0 Å². The van der Waals surface area contributed by atoms with Crippen LogP contribution in [0.5, 0.6) is 0 Å². The van der Waals surface area contributed by atoms with Crippen LogP contribution < -0.4 is 5.32 Å². The lowest BCUT2D eigenvalue weighted by Gasteiger charge is -2.27. The zero-order valence-electron chi connectivity index (χ0n) is 11.6. The molecule has 2 N–H and O–H groups in total. The van der Waals surface area contributed by atoms with Gasteiger partial charge in [-0.1, -0.05) is 23.8 Å². The molecule has 1 fully saturated rings. The first kappa shape index (κ1) is 13.7. The monoisotopic (exact) mass is 259 g/mol. The van der Waals surface area contributed by atoms with Gasteiger partial charge in [0.1, 0.15) is 0 Å². The highest BCUT2D eigenvalue weighted by atomic mass is 16.4. The Bertz CT molecular complexity index is 475. The van der Waals surface area contributed by atoms with E-state index in [-0.39, 0.29) is 0 Å². The van der Waals surface area contributed by atoms with Crippen molar-refractivity contribution in [2.24, 2.45) is 0 Å². The molecule has 1 aromatic rings. The van der Waals surface area contributed by atoms with Crippen molar-refractivity contribution >= 4 is 11.7 Å². The molecule has 3 heteroatoms. The predicted octanol–water partition coefficient (Wildman–Crippen LogP) is 3.67. The van der Waals surface area contributed by atoms with Gasteiger partial charge in [-0.25, -0.2) is 4.79 Å². The first-order chi connectivity index (χ1) is 9.06. The average molecular weight is 259 g/mol. The summed E-state index contributed by atoms with van der Waals surface area (Å²) in [7, 11) is 0. The smallest absolute Gasteiger partial charge is 0.328 e. The zero-order chi connectivity index (χ0) is 13.8. The summed E-state index contributed by atoms with van der Waals surface area (Å²) in [6.45, 7) is 4.24. The number of carboxylic acids is 1. The number of carbonyl (C=O) groups is 1. The van der Waals surface area contributed by atoms with Crippen molar-refractivity contribution in [2.75, 3.05) is 5.32 Å². The van der Waals surface area contributed by atoms with E-state index in [4.69, 9.17) is 5.11 Å². The Morgan fingerprint density at radius 3 is 2.37 bits per heavy atom. The number of aryl methyl sites for hydroxylation is 2. The van der Waals surface area contributed by atoms with Crippen LogP contribution in [0, 0.1) is 13.8 Å². The van der Waals surface area contributed by atoms with Crippen molar-refractivity contribution in [3.63, 3.8) is 0 Å². The van der Waals surface area contributed by atoms with Crippen LogP contribution in [-0.4, -0.2) is 17.1 Å². The highest BCUT2D eigenvalue weighted by Gasteiger charge is 2.18. The molecular weight excluding hydrogens is 238 g/mol. The number of hydrogen-bond acceptors (Lipinski definition) is 2. The number of allylic oxidation sites excluding steroid dienone is 1. The second kappa shape index (κ2) is 5.91. The van der Waals surface area contributed by atoms with Crippen LogP contribution in [0.25, 0.3) is 0 Å². The fraction of sp³-hybridized carbons (Fsp3) is 0.438. The maximum Gasteiger partial charge on any atom is 0.328 e. The van der Waals surface area contributed by atoms with Gasteiger partial charge in [0.2, 0.25) is 0 Å². The number of anilines is 1. The normalized spacial score (nSPS) is 19.1. The second-order valence-electron chi connectivity index (χ2n) is 5.33. The molecule has 0 unspecified atom stereocenters. The fourth-order valence-corrected chi connectivity index (χ4v) is 2.70. The van der Waals surface area contributed by atoms with E-state index in [9.17, 15) is 4.79 Å². The third-order valence-electron chi connectivity index (χ3n) is 3.79. The van der Waals surface area contributed by atoms with E-state index >= 15 is 0 Å². The van der Waals surface area contributed by atoms with Crippen molar-refractivity contribution < 1.29 is 9.90 Å². The third-order valence-corrected chi connectivity index (χ3v) is 3.79. The molecular formula is C16H21NO2. The number of hydrogen-bond donors (Lipinski definition) is 2. The van der Waals surface area contributed by atoms with Crippen molar-refractivity contribution in [2.45, 2.75) is 45.6 Å². The molecule has 0 saturated heterocycles. The molecule has 1 aromatic carbocycles. The fourth-order valence-electron chi connectivity index (χ4n) is 2.70. The number of aliphatic carboxylic acids is 1. The Morgan fingerprint density at radius 2 is 1.84 bits per heavy atom. The lowest BCUT2D eigenvalue weighted by molar-refractivity contribution is -0.131. The molecule has 3 nitrogen and oxygen atoms in total. The van der Waals surface area contributed by atoms with Gasteiger partial charge in [0.05, 0.1) is 0 Å². The van der Waals surface area contributed by atoms with Crippen LogP contribution in [0.2, 0.25) is 0 Å². The Labute approximate surface area is 114 Å². The van der Waals surface area contributed by atoms with Gasteiger partial charge in [-0.3, -0.25) is 0 Å². The van der Waals surface area contributed by atoms with Crippen LogP contribution in [0.3, 0.4) is 0 Å². The number of para-hydroxylation sites is 1. The predicted molar refractivity (Wildman–Crippen MR) is 77.5 cm³/mol. The van der Waals surface area contributed by atoms with Crippen molar-refractivity contribution in [3.8, 4) is 0 Å². The number of nitrogens with one attached hydrogen (secondary N) is 1. The topological polar surface area (TPSA) is 49.3 Å². The van der Waals surface area contributed by atoms with E-state index in [2.05, 4.69) is 37.4 Å². The molecule has 1 aliphatic carbocycles. The van der Waals surface area contributed by atoms with Gasteiger partial charge in [0.25, 0.3) is 0 Å². The molecule has 0 amide bonds. The Hall–Kier alpha value is -1.77. The summed E-state index contributed by atoms with van der Waals surface area (Å²) in [6, 6.07) is 6.76. The minimum absolute atomic E-state index is 0.450. The molecule has 0 heterocycles. The van der Waals surface area contributed by atoms with E-state index in [0.29, 0.717) is 6.04 Å². The summed E-state index contributed by atoms with van der Waals surface area (Å²) in [5, 5.41) is 12.4. The first-order valence-electron chi connectivity index (χ1n) is 6.81. The maximum atomic E-state index is 10.6. The van der Waals surface area contributed by atoms with E-state index in [1.165, 1.54) is 22.9 Å². The van der Waals surface area contributed by atoms with Crippen LogP contribution in [0.1, 0.15) is 36.8 Å². The first-order valence-corrected chi connectivity index (χ1v) is 6.81. The molecule has 0 spiro atoms. The molecule has 1 aliphatic rings. The maximum absolute atomic E-state index is 10.6. The number of rotatable bonds is 3. The van der Waals surface area contributed by atoms with Gasteiger partial charge < -0.3 is 10.4 Å². The third kappa shape index (κ3) is 3.60. The summed E-state index contributed by atoms with van der Waals surface area (Å²) >= 11 is 0. The largest absolute Gasteiger partial charge is 0.478 e. The lowest BCUT2D eigenvalue weighted by Crippen LogP contribution is -2.24. The quantitative estimate of drug-likeness (QED) is 0.814. The lowest BCUT2D eigenvalue weighted by atomic mass is 9.90. The van der Waals surface area contributed by atoms with E-state index < -0.39 is 5.97 Å². The average Bonchev–Trinajstić information content (AvgIpc) is 2.35. The molecule has 0 radical (unpaired) electrons. The summed E-state index contributed by atoms with van der Waals surface area (Å²) in [4.78, 5) is 10.6. The van der Waals surface area contributed by atoms with Gasteiger partial charge >= 0.3 is 5.97 Å². The Kier molecular flexibility index (Phi) is 4.25. The molecule has 2 rings (SSSR count). The number of benzene rings is 1. The summed E-state index contributed by atoms with van der Waals surface area (Å²) < 4.78 is 0. The van der Waals surface area contributed by atoms with Crippen LogP contribution in [0.4, 0.5) is 5.69 Å². The van der Waals surface area contributed by atoms with Crippen LogP contribution >= 0.6 is 0 Å². The van der Waals surface area contributed by atoms with E-state index in [1.54, 1.807) is 0 Å². The van der Waals surface area contributed by atoms with Crippen LogP contribution in [0.15, 0.2) is 29.8 Å². The minimum Gasteiger partial charge on any atom is -0.478 e. The van der Waals surface area contributed by atoms with E-state index in [0.717, 1.165) is 31.3 Å². The standard InChI is InChI=1S/C16H21NO2/c1-11-4-3-5-12(2)16(11)17-14-8-6-13(7-9-14)10-15(18)19/h3-5,10,14,17H,6-9H2,1-2H3,(H,18,19). The molecule has 1 saturated carbocycles. The van der Waals surface area contributed by atoms with Gasteiger partial charge in [-0.2, -0.15) is 0 Å². The van der Waals surface area contributed by atoms with Gasteiger partial charge in [0.15, 0.2) is 0 Å². The van der Waals surface area contributed by atoms with Crippen molar-refractivity contribution in [1.82, 2.24) is 0 Å². The van der Waals surface area contributed by atoms with Crippen molar-refractivity contribution in [3.05, 3.63) is 41.0 Å². The summed E-state index contributed by atoms with van der Waals surface area (Å²) in [6.07, 6.45) is 5.15. The molecule has 0 aliphatic heterocycles. The highest BCUT2D eigenvalue weighted by Crippen LogP contribution is 2.28. The second-order valence-corrected chi connectivity index (χ2v) is 5.33. The highest BCUT2D eigenvalue weighted by molar-refractivity contribution is 5.80. The molecule has 0 bridgehead atoms. The zero-order valence-corrected chi connectivity index (χ0v) is 11.6. The van der Waals surface area contributed by atoms with E-state index in [1.807, 2.05) is 0 Å². The minimum atomic E-state index is -0.823. The molecule has 19 heavy (non-hydrogen) atoms. The summed E-state index contributed by atoms with van der Waals surface area (Å²) in [5.74, 6) is -0.823. The SMILES string of the molecule is Cc1cccc(C)c1NC1CCC(=CC(=O)O)CC1. The molecule has 102 valence electrons. The van der Waals surface area contributed by atoms with Gasteiger partial charge in [0, 0.05) is 17.8 Å². The molecule has 0 aromatic heterocycles. The van der Waals surface area contributed by atoms with Gasteiger partial charge in [-0.05, 0) is 50.7 Å².